The van der Waals surface area contributed by atoms with Gasteiger partial charge in [-0.05, 0) is 44.4 Å². The first kappa shape index (κ1) is 21.3. The number of carbonyl (C=O) groups is 2. The number of rotatable bonds is 6. The molecular formula is C22H35N3O2. The van der Waals surface area contributed by atoms with E-state index in [9.17, 15) is 9.59 Å². The number of carbonyl (C=O) groups excluding carboxylic acids is 2. The Morgan fingerprint density at radius 3 is 2.44 bits per heavy atom. The van der Waals surface area contributed by atoms with Crippen molar-refractivity contribution in [3.05, 3.63) is 29.8 Å². The molecule has 0 bridgehead atoms. The fourth-order valence-corrected chi connectivity index (χ4v) is 3.57. The number of piperidine rings is 1. The summed E-state index contributed by atoms with van der Waals surface area (Å²) in [4.78, 5) is 29.0. The number of hydrogen-bond donors (Lipinski definition) is 1. The van der Waals surface area contributed by atoms with Crippen LogP contribution >= 0.6 is 0 Å². The van der Waals surface area contributed by atoms with Crippen LogP contribution in [-0.2, 0) is 9.59 Å². The van der Waals surface area contributed by atoms with Gasteiger partial charge in [-0.15, -0.1) is 0 Å². The van der Waals surface area contributed by atoms with Crippen molar-refractivity contribution in [1.82, 2.24) is 10.2 Å². The largest absolute Gasteiger partial charge is 0.370 e. The van der Waals surface area contributed by atoms with Gasteiger partial charge in [0.05, 0.1) is 0 Å². The van der Waals surface area contributed by atoms with E-state index in [1.54, 1.807) is 0 Å². The van der Waals surface area contributed by atoms with Crippen LogP contribution in [0.3, 0.4) is 0 Å². The number of likely N-dealkylation sites (tertiary alicyclic amines) is 1. The van der Waals surface area contributed by atoms with E-state index in [0.717, 1.165) is 25.9 Å². The fraction of sp³-hybridized carbons (Fsp3) is 0.636. The maximum Gasteiger partial charge on any atom is 0.227 e. The predicted molar refractivity (Wildman–Crippen MR) is 111 cm³/mol. The second-order valence-electron chi connectivity index (χ2n) is 8.53. The molecule has 0 aliphatic carbocycles. The molecule has 1 saturated heterocycles. The molecule has 0 radical (unpaired) electrons. The molecule has 5 nitrogen and oxygen atoms in total. The molecule has 1 aromatic carbocycles. The molecule has 1 heterocycles. The van der Waals surface area contributed by atoms with Crippen molar-refractivity contribution in [2.45, 2.75) is 47.5 Å². The number of likely N-dealkylation sites (N-methyl/N-ethyl adjacent to an activating group) is 1. The zero-order valence-electron chi connectivity index (χ0n) is 17.5. The summed E-state index contributed by atoms with van der Waals surface area (Å²) < 4.78 is 0. The Morgan fingerprint density at radius 1 is 1.22 bits per heavy atom. The molecule has 0 saturated carbocycles. The number of amides is 2. The van der Waals surface area contributed by atoms with Crippen molar-refractivity contribution >= 4 is 17.5 Å². The molecule has 2 rings (SSSR count). The lowest BCUT2D eigenvalue weighted by Gasteiger charge is -2.35. The van der Waals surface area contributed by atoms with Gasteiger partial charge in [-0.2, -0.15) is 0 Å². The Hall–Kier alpha value is -2.04. The number of benzene rings is 1. The molecule has 0 aromatic heterocycles. The number of aryl methyl sites for hydroxylation is 1. The lowest BCUT2D eigenvalue weighted by atomic mass is 9.90. The van der Waals surface area contributed by atoms with Crippen LogP contribution in [0.2, 0.25) is 0 Å². The van der Waals surface area contributed by atoms with Gasteiger partial charge in [0, 0.05) is 49.7 Å². The fourth-order valence-electron chi connectivity index (χ4n) is 3.57. The van der Waals surface area contributed by atoms with Crippen molar-refractivity contribution in [3.63, 3.8) is 0 Å². The number of anilines is 1. The summed E-state index contributed by atoms with van der Waals surface area (Å²) in [7, 11) is 0. The minimum absolute atomic E-state index is 0.0167. The first-order chi connectivity index (χ1) is 12.7. The normalized spacial score (nSPS) is 15.5. The lowest BCUT2D eigenvalue weighted by Crippen LogP contribution is -2.47. The van der Waals surface area contributed by atoms with Crippen LogP contribution in [0.25, 0.3) is 0 Å². The van der Waals surface area contributed by atoms with E-state index < -0.39 is 0 Å². The molecule has 0 unspecified atom stereocenters. The van der Waals surface area contributed by atoms with Gasteiger partial charge in [0.15, 0.2) is 0 Å². The lowest BCUT2D eigenvalue weighted by molar-refractivity contribution is -0.142. The van der Waals surface area contributed by atoms with Gasteiger partial charge in [-0.1, -0.05) is 32.9 Å². The SMILES string of the molecule is CCN(CCNC(=O)C1CCN(C(=O)C(C)(C)C)CC1)c1cccc(C)c1. The molecular weight excluding hydrogens is 338 g/mol. The molecule has 150 valence electrons. The molecule has 0 atom stereocenters. The number of nitrogens with zero attached hydrogens (tertiary/aromatic N) is 2. The van der Waals surface area contributed by atoms with Crippen molar-refractivity contribution in [2.24, 2.45) is 11.3 Å². The van der Waals surface area contributed by atoms with Gasteiger partial charge in [-0.25, -0.2) is 0 Å². The average molecular weight is 374 g/mol. The summed E-state index contributed by atoms with van der Waals surface area (Å²) in [6.45, 7) is 13.8. The second kappa shape index (κ2) is 9.25. The Balaban J connectivity index is 1.77. The summed E-state index contributed by atoms with van der Waals surface area (Å²) in [6, 6.07) is 8.45. The van der Waals surface area contributed by atoms with Crippen LogP contribution in [0.5, 0.6) is 0 Å². The van der Waals surface area contributed by atoms with Gasteiger partial charge in [0.1, 0.15) is 0 Å². The Labute approximate surface area is 164 Å². The Bertz CT molecular complexity index is 643. The van der Waals surface area contributed by atoms with Crippen molar-refractivity contribution in [1.29, 1.82) is 0 Å². The molecule has 1 fully saturated rings. The topological polar surface area (TPSA) is 52.7 Å². The average Bonchev–Trinajstić information content (AvgIpc) is 2.64. The third-order valence-electron chi connectivity index (χ3n) is 5.22. The molecule has 5 heteroatoms. The zero-order chi connectivity index (χ0) is 20.0. The van der Waals surface area contributed by atoms with Crippen LogP contribution in [-0.4, -0.2) is 49.4 Å². The van der Waals surface area contributed by atoms with Crippen molar-refractivity contribution in [2.75, 3.05) is 37.6 Å². The van der Waals surface area contributed by atoms with Gasteiger partial charge >= 0.3 is 0 Å². The summed E-state index contributed by atoms with van der Waals surface area (Å²) in [5, 5.41) is 3.09. The highest BCUT2D eigenvalue weighted by Crippen LogP contribution is 2.23. The Morgan fingerprint density at radius 2 is 1.89 bits per heavy atom. The minimum atomic E-state index is -0.353. The van der Waals surface area contributed by atoms with E-state index in [-0.39, 0.29) is 23.1 Å². The maximum atomic E-state index is 12.5. The van der Waals surface area contributed by atoms with Gasteiger partial charge in [-0.3, -0.25) is 9.59 Å². The summed E-state index contributed by atoms with van der Waals surface area (Å²) in [5.74, 6) is 0.319. The molecule has 1 N–H and O–H groups in total. The third kappa shape index (κ3) is 5.98. The van der Waals surface area contributed by atoms with Crippen LogP contribution in [0.1, 0.15) is 46.1 Å². The second-order valence-corrected chi connectivity index (χ2v) is 8.53. The molecule has 0 spiro atoms. The highest BCUT2D eigenvalue weighted by atomic mass is 16.2. The summed E-state index contributed by atoms with van der Waals surface area (Å²) in [6.07, 6.45) is 1.51. The van der Waals surface area contributed by atoms with E-state index >= 15 is 0 Å². The maximum absolute atomic E-state index is 12.5. The van der Waals surface area contributed by atoms with E-state index in [1.165, 1.54) is 11.3 Å². The standard InChI is InChI=1S/C22H35N3O2/c1-6-24(19-9-7-8-17(2)16-19)15-12-23-20(26)18-10-13-25(14-11-18)21(27)22(3,4)5/h7-9,16,18H,6,10-15H2,1-5H3,(H,23,26). The highest BCUT2D eigenvalue weighted by molar-refractivity contribution is 5.82. The summed E-state index contributed by atoms with van der Waals surface area (Å²) >= 11 is 0. The van der Waals surface area contributed by atoms with E-state index in [4.69, 9.17) is 0 Å². The van der Waals surface area contributed by atoms with Gasteiger partial charge in [0.25, 0.3) is 0 Å². The Kier molecular flexibility index (Phi) is 7.28. The molecule has 27 heavy (non-hydrogen) atoms. The van der Waals surface area contributed by atoms with Crippen LogP contribution in [0.15, 0.2) is 24.3 Å². The number of nitrogens with one attached hydrogen (secondary N) is 1. The van der Waals surface area contributed by atoms with Gasteiger partial charge < -0.3 is 15.1 Å². The molecule has 2 amide bonds. The van der Waals surface area contributed by atoms with Crippen LogP contribution < -0.4 is 10.2 Å². The van der Waals surface area contributed by atoms with Crippen molar-refractivity contribution < 1.29 is 9.59 Å². The van der Waals surface area contributed by atoms with Crippen molar-refractivity contribution in [3.8, 4) is 0 Å². The van der Waals surface area contributed by atoms with Crippen LogP contribution in [0, 0.1) is 18.3 Å². The first-order valence-electron chi connectivity index (χ1n) is 10.1. The smallest absolute Gasteiger partial charge is 0.227 e. The minimum Gasteiger partial charge on any atom is -0.370 e. The summed E-state index contributed by atoms with van der Waals surface area (Å²) in [5.41, 5.74) is 2.08. The number of hydrogen-bond acceptors (Lipinski definition) is 3. The van der Waals surface area contributed by atoms with E-state index in [1.807, 2.05) is 25.7 Å². The monoisotopic (exact) mass is 373 g/mol. The van der Waals surface area contributed by atoms with Crippen LogP contribution in [0.4, 0.5) is 5.69 Å². The molecule has 1 aromatic rings. The third-order valence-corrected chi connectivity index (χ3v) is 5.22. The van der Waals surface area contributed by atoms with E-state index in [0.29, 0.717) is 19.6 Å². The predicted octanol–water partition coefficient (Wildman–Crippen LogP) is 3.22. The quantitative estimate of drug-likeness (QED) is 0.833. The molecule has 1 aliphatic rings. The molecule has 1 aliphatic heterocycles. The first-order valence-corrected chi connectivity index (χ1v) is 10.1. The van der Waals surface area contributed by atoms with Gasteiger partial charge in [0.2, 0.25) is 11.8 Å². The zero-order valence-corrected chi connectivity index (χ0v) is 17.5. The highest BCUT2D eigenvalue weighted by Gasteiger charge is 2.32. The van der Waals surface area contributed by atoms with E-state index in [2.05, 4.69) is 48.3 Å².